The molecule has 0 aromatic carbocycles. The Labute approximate surface area is 151 Å². The SMILES string of the molecule is CCc1c(C)sc(NC(=S)NCc2cnn(CC)c2)c1C(=O)OC. The highest BCUT2D eigenvalue weighted by atomic mass is 32.1. The van der Waals surface area contributed by atoms with Gasteiger partial charge in [0.2, 0.25) is 0 Å². The molecular formula is C16H22N4O2S2. The predicted octanol–water partition coefficient (Wildman–Crippen LogP) is 3.11. The summed E-state index contributed by atoms with van der Waals surface area (Å²) in [5.41, 5.74) is 2.62. The van der Waals surface area contributed by atoms with Gasteiger partial charge in [-0.1, -0.05) is 6.92 Å². The van der Waals surface area contributed by atoms with Crippen LogP contribution in [0.3, 0.4) is 0 Å². The Bertz CT molecular complexity index is 737. The van der Waals surface area contributed by atoms with Crippen LogP contribution in [0, 0.1) is 6.92 Å². The van der Waals surface area contributed by atoms with Crippen molar-refractivity contribution in [2.45, 2.75) is 40.3 Å². The second kappa shape index (κ2) is 8.25. The van der Waals surface area contributed by atoms with Crippen molar-refractivity contribution in [3.05, 3.63) is 34.0 Å². The number of nitrogens with zero attached hydrogens (tertiary/aromatic N) is 2. The van der Waals surface area contributed by atoms with Gasteiger partial charge in [-0.2, -0.15) is 5.10 Å². The fraction of sp³-hybridized carbons (Fsp3) is 0.438. The third-order valence-electron chi connectivity index (χ3n) is 3.64. The van der Waals surface area contributed by atoms with Gasteiger partial charge in [0.05, 0.1) is 18.9 Å². The molecule has 0 aliphatic rings. The summed E-state index contributed by atoms with van der Waals surface area (Å²) in [6, 6.07) is 0. The zero-order valence-electron chi connectivity index (χ0n) is 14.3. The number of methoxy groups -OCH3 is 1. The van der Waals surface area contributed by atoms with E-state index < -0.39 is 0 Å². The molecule has 24 heavy (non-hydrogen) atoms. The van der Waals surface area contributed by atoms with E-state index in [4.69, 9.17) is 17.0 Å². The van der Waals surface area contributed by atoms with Crippen molar-refractivity contribution in [2.24, 2.45) is 0 Å². The highest BCUT2D eigenvalue weighted by molar-refractivity contribution is 7.80. The van der Waals surface area contributed by atoms with Crippen LogP contribution in [0.25, 0.3) is 0 Å². The average Bonchev–Trinajstić information content (AvgIpc) is 3.15. The van der Waals surface area contributed by atoms with Gasteiger partial charge >= 0.3 is 5.97 Å². The van der Waals surface area contributed by atoms with Crippen molar-refractivity contribution in [3.8, 4) is 0 Å². The number of aromatic nitrogens is 2. The minimum atomic E-state index is -0.342. The number of hydrogen-bond acceptors (Lipinski definition) is 5. The Kier molecular flexibility index (Phi) is 6.33. The molecule has 2 N–H and O–H groups in total. The normalized spacial score (nSPS) is 10.5. The molecule has 0 spiro atoms. The number of thiocarbonyl (C=S) groups is 1. The highest BCUT2D eigenvalue weighted by Gasteiger charge is 2.22. The largest absolute Gasteiger partial charge is 0.465 e. The van der Waals surface area contributed by atoms with E-state index in [0.717, 1.165) is 34.0 Å². The quantitative estimate of drug-likeness (QED) is 0.605. The van der Waals surface area contributed by atoms with Crippen LogP contribution < -0.4 is 10.6 Å². The van der Waals surface area contributed by atoms with Crippen molar-refractivity contribution in [2.75, 3.05) is 12.4 Å². The van der Waals surface area contributed by atoms with Crippen LogP contribution >= 0.6 is 23.6 Å². The lowest BCUT2D eigenvalue weighted by molar-refractivity contribution is 0.0601. The van der Waals surface area contributed by atoms with Crippen molar-refractivity contribution in [1.82, 2.24) is 15.1 Å². The fourth-order valence-electron chi connectivity index (χ4n) is 2.41. The summed E-state index contributed by atoms with van der Waals surface area (Å²) in [5, 5.41) is 11.7. The van der Waals surface area contributed by atoms with Gasteiger partial charge in [0.25, 0.3) is 0 Å². The maximum absolute atomic E-state index is 12.1. The number of carbonyl (C=O) groups excluding carboxylic acids is 1. The number of ether oxygens (including phenoxy) is 1. The molecule has 0 saturated heterocycles. The van der Waals surface area contributed by atoms with Gasteiger partial charge in [-0.15, -0.1) is 11.3 Å². The fourth-order valence-corrected chi connectivity index (χ4v) is 3.79. The summed E-state index contributed by atoms with van der Waals surface area (Å²) in [6.45, 7) is 7.46. The summed E-state index contributed by atoms with van der Waals surface area (Å²) in [6.07, 6.45) is 4.55. The van der Waals surface area contributed by atoms with Crippen LogP contribution in [0.2, 0.25) is 0 Å². The van der Waals surface area contributed by atoms with E-state index in [1.807, 2.05) is 37.8 Å². The van der Waals surface area contributed by atoms with E-state index in [0.29, 0.717) is 17.2 Å². The van der Waals surface area contributed by atoms with Crippen LogP contribution in [0.1, 0.15) is 40.2 Å². The van der Waals surface area contributed by atoms with Gasteiger partial charge in [0.1, 0.15) is 5.00 Å². The highest BCUT2D eigenvalue weighted by Crippen LogP contribution is 2.33. The smallest absolute Gasteiger partial charge is 0.341 e. The standard InChI is InChI=1S/C16H22N4O2S2/c1-5-12-10(3)24-14(13(12)15(21)22-4)19-16(23)17-7-11-8-18-20(6-2)9-11/h8-9H,5-7H2,1-4H3,(H2,17,19,23). The number of thiophene rings is 1. The van der Waals surface area contributed by atoms with Crippen LogP contribution in [-0.2, 0) is 24.2 Å². The van der Waals surface area contributed by atoms with Crippen LogP contribution in [-0.4, -0.2) is 28.0 Å². The Morgan fingerprint density at radius 1 is 1.46 bits per heavy atom. The summed E-state index contributed by atoms with van der Waals surface area (Å²) in [5.74, 6) is -0.342. The molecule has 2 aromatic heterocycles. The van der Waals surface area contributed by atoms with E-state index in [9.17, 15) is 4.79 Å². The van der Waals surface area contributed by atoms with E-state index in [-0.39, 0.29) is 5.97 Å². The summed E-state index contributed by atoms with van der Waals surface area (Å²) >= 11 is 6.86. The lowest BCUT2D eigenvalue weighted by Gasteiger charge is -2.10. The number of esters is 1. The number of rotatable bonds is 6. The Balaban J connectivity index is 2.07. The third-order valence-corrected chi connectivity index (χ3v) is 4.95. The van der Waals surface area contributed by atoms with Crippen LogP contribution in [0.4, 0.5) is 5.00 Å². The molecule has 0 bridgehead atoms. The van der Waals surface area contributed by atoms with Crippen molar-refractivity contribution in [1.29, 1.82) is 0 Å². The topological polar surface area (TPSA) is 68.2 Å². The van der Waals surface area contributed by atoms with Gasteiger partial charge < -0.3 is 15.4 Å². The Morgan fingerprint density at radius 3 is 2.79 bits per heavy atom. The second-order valence-corrected chi connectivity index (χ2v) is 6.83. The molecular weight excluding hydrogens is 344 g/mol. The van der Waals surface area contributed by atoms with Gasteiger partial charge in [-0.05, 0) is 38.0 Å². The zero-order chi connectivity index (χ0) is 17.7. The molecule has 2 aromatic rings. The van der Waals surface area contributed by atoms with E-state index in [1.165, 1.54) is 18.4 Å². The summed E-state index contributed by atoms with van der Waals surface area (Å²) < 4.78 is 6.77. The molecule has 0 atom stereocenters. The molecule has 2 heterocycles. The molecule has 6 nitrogen and oxygen atoms in total. The monoisotopic (exact) mass is 366 g/mol. The van der Waals surface area contributed by atoms with Crippen molar-refractivity contribution in [3.63, 3.8) is 0 Å². The van der Waals surface area contributed by atoms with Crippen molar-refractivity contribution < 1.29 is 9.53 Å². The summed E-state index contributed by atoms with van der Waals surface area (Å²) in [7, 11) is 1.39. The molecule has 0 fully saturated rings. The van der Waals surface area contributed by atoms with E-state index in [2.05, 4.69) is 15.7 Å². The van der Waals surface area contributed by atoms with Gasteiger partial charge in [-0.3, -0.25) is 4.68 Å². The molecule has 0 amide bonds. The molecule has 0 aliphatic carbocycles. The second-order valence-electron chi connectivity index (χ2n) is 5.20. The van der Waals surface area contributed by atoms with Gasteiger partial charge in [0, 0.05) is 29.7 Å². The predicted molar refractivity (Wildman–Crippen MR) is 101 cm³/mol. The van der Waals surface area contributed by atoms with Crippen LogP contribution in [0.5, 0.6) is 0 Å². The molecule has 0 aliphatic heterocycles. The van der Waals surface area contributed by atoms with E-state index in [1.54, 1.807) is 0 Å². The van der Waals surface area contributed by atoms with Crippen LogP contribution in [0.15, 0.2) is 12.4 Å². The first-order valence-corrected chi connectivity index (χ1v) is 8.99. The molecule has 0 unspecified atom stereocenters. The minimum absolute atomic E-state index is 0.342. The lowest BCUT2D eigenvalue weighted by Crippen LogP contribution is -2.28. The Morgan fingerprint density at radius 2 is 2.21 bits per heavy atom. The van der Waals surface area contributed by atoms with Crippen molar-refractivity contribution >= 4 is 39.6 Å². The molecule has 0 radical (unpaired) electrons. The molecule has 2 rings (SSSR count). The summed E-state index contributed by atoms with van der Waals surface area (Å²) in [4.78, 5) is 13.2. The lowest BCUT2D eigenvalue weighted by atomic mass is 10.1. The first-order valence-electron chi connectivity index (χ1n) is 7.76. The van der Waals surface area contributed by atoms with Gasteiger partial charge in [0.15, 0.2) is 5.11 Å². The first kappa shape index (κ1) is 18.4. The number of nitrogens with one attached hydrogen (secondary N) is 2. The number of carbonyl (C=O) groups is 1. The maximum atomic E-state index is 12.1. The molecule has 0 saturated carbocycles. The maximum Gasteiger partial charge on any atom is 0.341 e. The minimum Gasteiger partial charge on any atom is -0.465 e. The average molecular weight is 367 g/mol. The number of aryl methyl sites for hydroxylation is 2. The Hall–Kier alpha value is -1.93. The zero-order valence-corrected chi connectivity index (χ0v) is 15.9. The first-order chi connectivity index (χ1) is 11.5. The molecule has 130 valence electrons. The molecule has 8 heteroatoms. The van der Waals surface area contributed by atoms with E-state index >= 15 is 0 Å². The number of anilines is 1. The number of hydrogen-bond donors (Lipinski definition) is 2. The van der Waals surface area contributed by atoms with Gasteiger partial charge in [-0.25, -0.2) is 4.79 Å². The third kappa shape index (κ3) is 4.12.